The normalized spacial score (nSPS) is 14.5. The second kappa shape index (κ2) is 6.64. The number of nitrogens with zero attached hydrogens (tertiary/aromatic N) is 1. The van der Waals surface area contributed by atoms with Gasteiger partial charge in [0.15, 0.2) is 0 Å². The lowest BCUT2D eigenvalue weighted by Crippen LogP contribution is -2.39. The molecule has 1 N–H and O–H groups in total. The van der Waals surface area contributed by atoms with E-state index in [1.807, 2.05) is 26.1 Å². The molecule has 3 nitrogen and oxygen atoms in total. The number of likely N-dealkylation sites (N-methyl/N-ethyl adjacent to an activating group) is 1. The number of ether oxygens (including phenoxy) is 1. The van der Waals surface area contributed by atoms with E-state index in [0.717, 1.165) is 24.2 Å². The van der Waals surface area contributed by atoms with Gasteiger partial charge in [-0.2, -0.15) is 0 Å². The van der Waals surface area contributed by atoms with Crippen molar-refractivity contribution in [1.29, 1.82) is 0 Å². The van der Waals surface area contributed by atoms with Gasteiger partial charge in [0.2, 0.25) is 0 Å². The highest BCUT2D eigenvalue weighted by atomic mass is 16.5. The number of benzene rings is 1. The molecule has 2 atom stereocenters. The molecule has 0 aliphatic heterocycles. The molecule has 2 unspecified atom stereocenters. The molecule has 0 radical (unpaired) electrons. The molecule has 0 saturated heterocycles. The Bertz CT molecular complexity index is 527. The molecule has 0 saturated carbocycles. The Morgan fingerprint density at radius 1 is 1.21 bits per heavy atom. The lowest BCUT2D eigenvalue weighted by Gasteiger charge is -2.23. The zero-order valence-corrected chi connectivity index (χ0v) is 11.9. The quantitative estimate of drug-likeness (QED) is 0.865. The number of rotatable bonds is 6. The summed E-state index contributed by atoms with van der Waals surface area (Å²) in [6.07, 6.45) is 1.06. The SMILES string of the molecule is CCOC(C)C(Cc1ccc2ccccc2n1)NC. The van der Waals surface area contributed by atoms with Crippen molar-refractivity contribution in [3.63, 3.8) is 0 Å². The van der Waals surface area contributed by atoms with Gasteiger partial charge in [0.25, 0.3) is 0 Å². The van der Waals surface area contributed by atoms with Gasteiger partial charge in [-0.05, 0) is 33.0 Å². The number of para-hydroxylation sites is 1. The molecule has 0 fully saturated rings. The van der Waals surface area contributed by atoms with Gasteiger partial charge in [-0.25, -0.2) is 0 Å². The van der Waals surface area contributed by atoms with E-state index >= 15 is 0 Å². The van der Waals surface area contributed by atoms with Gasteiger partial charge < -0.3 is 10.1 Å². The molecule has 2 aromatic rings. The summed E-state index contributed by atoms with van der Waals surface area (Å²) in [6, 6.07) is 12.7. The van der Waals surface area contributed by atoms with Gasteiger partial charge in [-0.3, -0.25) is 4.98 Å². The zero-order valence-electron chi connectivity index (χ0n) is 11.9. The van der Waals surface area contributed by atoms with Crippen LogP contribution >= 0.6 is 0 Å². The standard InChI is InChI=1S/C16H22N2O/c1-4-19-12(2)16(17-3)11-14-10-9-13-7-5-6-8-15(13)18-14/h5-10,12,16-17H,4,11H2,1-3H3. The minimum Gasteiger partial charge on any atom is -0.377 e. The first-order valence-electron chi connectivity index (χ1n) is 6.88. The fourth-order valence-electron chi connectivity index (χ4n) is 2.33. The Morgan fingerprint density at radius 3 is 2.74 bits per heavy atom. The highest BCUT2D eigenvalue weighted by Crippen LogP contribution is 2.14. The van der Waals surface area contributed by atoms with Crippen LogP contribution in [0.1, 0.15) is 19.5 Å². The molecular weight excluding hydrogens is 236 g/mol. The third-order valence-electron chi connectivity index (χ3n) is 3.45. The Morgan fingerprint density at radius 2 is 2.00 bits per heavy atom. The fourth-order valence-corrected chi connectivity index (χ4v) is 2.33. The number of aromatic nitrogens is 1. The van der Waals surface area contributed by atoms with E-state index in [2.05, 4.69) is 36.5 Å². The average Bonchev–Trinajstić information content (AvgIpc) is 2.44. The third kappa shape index (κ3) is 3.52. The largest absolute Gasteiger partial charge is 0.377 e. The Labute approximate surface area is 115 Å². The maximum absolute atomic E-state index is 5.66. The first-order valence-corrected chi connectivity index (χ1v) is 6.88. The second-order valence-electron chi connectivity index (χ2n) is 4.76. The van der Waals surface area contributed by atoms with Gasteiger partial charge in [-0.15, -0.1) is 0 Å². The van der Waals surface area contributed by atoms with Gasteiger partial charge in [0.05, 0.1) is 11.6 Å². The van der Waals surface area contributed by atoms with Crippen LogP contribution in [-0.2, 0) is 11.2 Å². The first kappa shape index (κ1) is 14.0. The van der Waals surface area contributed by atoms with Crippen molar-refractivity contribution in [3.05, 3.63) is 42.1 Å². The number of hydrogen-bond donors (Lipinski definition) is 1. The van der Waals surface area contributed by atoms with Crippen molar-refractivity contribution in [1.82, 2.24) is 10.3 Å². The second-order valence-corrected chi connectivity index (χ2v) is 4.76. The van der Waals surface area contributed by atoms with Gasteiger partial charge in [0.1, 0.15) is 0 Å². The lowest BCUT2D eigenvalue weighted by molar-refractivity contribution is 0.0494. The first-order chi connectivity index (χ1) is 9.24. The van der Waals surface area contributed by atoms with Crippen LogP contribution in [-0.4, -0.2) is 30.8 Å². The predicted octanol–water partition coefficient (Wildman–Crippen LogP) is 2.79. The highest BCUT2D eigenvalue weighted by molar-refractivity contribution is 5.78. The van der Waals surface area contributed by atoms with E-state index in [4.69, 9.17) is 9.72 Å². The van der Waals surface area contributed by atoms with E-state index < -0.39 is 0 Å². The predicted molar refractivity (Wildman–Crippen MR) is 79.4 cm³/mol. The monoisotopic (exact) mass is 258 g/mol. The maximum Gasteiger partial charge on any atom is 0.0705 e. The van der Waals surface area contributed by atoms with Crippen LogP contribution in [0.15, 0.2) is 36.4 Å². The molecule has 2 rings (SSSR count). The molecule has 3 heteroatoms. The van der Waals surface area contributed by atoms with Crippen molar-refractivity contribution in [2.45, 2.75) is 32.4 Å². The van der Waals surface area contributed by atoms with Crippen LogP contribution in [0, 0.1) is 0 Å². The topological polar surface area (TPSA) is 34.1 Å². The molecule has 1 heterocycles. The molecule has 0 spiro atoms. The van der Waals surface area contributed by atoms with Crippen LogP contribution in [0.4, 0.5) is 0 Å². The molecule has 1 aromatic heterocycles. The summed E-state index contributed by atoms with van der Waals surface area (Å²) in [5.74, 6) is 0. The molecule has 0 aliphatic carbocycles. The number of nitrogens with one attached hydrogen (secondary N) is 1. The van der Waals surface area contributed by atoms with Crippen molar-refractivity contribution < 1.29 is 4.74 Å². The summed E-state index contributed by atoms with van der Waals surface area (Å²) in [7, 11) is 1.97. The summed E-state index contributed by atoms with van der Waals surface area (Å²) in [6.45, 7) is 4.87. The van der Waals surface area contributed by atoms with Gasteiger partial charge in [0, 0.05) is 30.1 Å². The summed E-state index contributed by atoms with van der Waals surface area (Å²) in [5, 5.41) is 4.50. The van der Waals surface area contributed by atoms with E-state index in [-0.39, 0.29) is 12.1 Å². The van der Waals surface area contributed by atoms with Crippen molar-refractivity contribution in [2.24, 2.45) is 0 Å². The molecule has 102 valence electrons. The van der Waals surface area contributed by atoms with Crippen LogP contribution in [0.3, 0.4) is 0 Å². The summed E-state index contributed by atoms with van der Waals surface area (Å²) >= 11 is 0. The summed E-state index contributed by atoms with van der Waals surface area (Å²) in [4.78, 5) is 4.71. The average molecular weight is 258 g/mol. The highest BCUT2D eigenvalue weighted by Gasteiger charge is 2.16. The Balaban J connectivity index is 2.15. The Kier molecular flexibility index (Phi) is 4.88. The zero-order chi connectivity index (χ0) is 13.7. The van der Waals surface area contributed by atoms with Crippen molar-refractivity contribution >= 4 is 10.9 Å². The van der Waals surface area contributed by atoms with Gasteiger partial charge in [-0.1, -0.05) is 24.3 Å². The van der Waals surface area contributed by atoms with Crippen molar-refractivity contribution in [3.8, 4) is 0 Å². The molecule has 0 aliphatic rings. The van der Waals surface area contributed by atoms with Crippen LogP contribution in [0.5, 0.6) is 0 Å². The third-order valence-corrected chi connectivity index (χ3v) is 3.45. The van der Waals surface area contributed by atoms with Crippen LogP contribution in [0.2, 0.25) is 0 Å². The number of pyridine rings is 1. The smallest absolute Gasteiger partial charge is 0.0705 e. The van der Waals surface area contributed by atoms with E-state index in [1.165, 1.54) is 5.39 Å². The molecule has 1 aromatic carbocycles. The van der Waals surface area contributed by atoms with Gasteiger partial charge >= 0.3 is 0 Å². The molecule has 0 bridgehead atoms. The maximum atomic E-state index is 5.66. The van der Waals surface area contributed by atoms with E-state index in [1.54, 1.807) is 0 Å². The van der Waals surface area contributed by atoms with Crippen LogP contribution < -0.4 is 5.32 Å². The van der Waals surface area contributed by atoms with E-state index in [0.29, 0.717) is 0 Å². The number of hydrogen-bond acceptors (Lipinski definition) is 3. The lowest BCUT2D eigenvalue weighted by atomic mass is 10.1. The number of fused-ring (bicyclic) bond motifs is 1. The minimum absolute atomic E-state index is 0.184. The molecule has 19 heavy (non-hydrogen) atoms. The summed E-state index contributed by atoms with van der Waals surface area (Å²) in [5.41, 5.74) is 2.16. The minimum atomic E-state index is 0.184. The van der Waals surface area contributed by atoms with Crippen LogP contribution in [0.25, 0.3) is 10.9 Å². The summed E-state index contributed by atoms with van der Waals surface area (Å²) < 4.78 is 5.66. The van der Waals surface area contributed by atoms with Crippen molar-refractivity contribution in [2.75, 3.05) is 13.7 Å². The molecule has 0 amide bonds. The molecular formula is C16H22N2O. The Hall–Kier alpha value is -1.45. The van der Waals surface area contributed by atoms with E-state index in [9.17, 15) is 0 Å². The fraction of sp³-hybridized carbons (Fsp3) is 0.438.